The summed E-state index contributed by atoms with van der Waals surface area (Å²) < 4.78 is 36.6. The van der Waals surface area contributed by atoms with Gasteiger partial charge in [-0.1, -0.05) is 11.6 Å². The Morgan fingerprint density at radius 1 is 1.36 bits per heavy atom. The van der Waals surface area contributed by atoms with Gasteiger partial charge < -0.3 is 0 Å². The van der Waals surface area contributed by atoms with Gasteiger partial charge in [0.25, 0.3) is 0 Å². The molecule has 1 aromatic carbocycles. The second kappa shape index (κ2) is 4.09. The summed E-state index contributed by atoms with van der Waals surface area (Å²) in [7, 11) is 0. The van der Waals surface area contributed by atoms with E-state index in [0.717, 1.165) is 18.2 Å². The van der Waals surface area contributed by atoms with E-state index in [-0.39, 0.29) is 10.7 Å². The summed E-state index contributed by atoms with van der Waals surface area (Å²) in [4.78, 5) is 3.41. The number of alkyl halides is 3. The number of nitrogens with zero attached hydrogens (tertiary/aromatic N) is 1. The number of benzene rings is 1. The Hall–Kier alpha value is -0.900. The van der Waals surface area contributed by atoms with E-state index in [9.17, 15) is 13.2 Å². The fourth-order valence-electron chi connectivity index (χ4n) is 0.824. The van der Waals surface area contributed by atoms with Gasteiger partial charge >= 0.3 is 6.18 Å². The molecule has 0 spiro atoms. The molecule has 0 saturated heterocycles. The molecular weight excluding hydrogens is 235 g/mol. The van der Waals surface area contributed by atoms with Crippen LogP contribution in [0.5, 0.6) is 0 Å². The minimum Gasteiger partial charge on any atom is -0.193 e. The molecule has 0 aliphatic heterocycles. The monoisotopic (exact) mass is 237 g/mol. The van der Waals surface area contributed by atoms with Crippen LogP contribution < -0.4 is 0 Å². The molecule has 0 atom stereocenters. The molecule has 0 N–H and O–H groups in total. The van der Waals surface area contributed by atoms with E-state index in [2.05, 4.69) is 17.2 Å². The summed E-state index contributed by atoms with van der Waals surface area (Å²) in [6.07, 6.45) is -4.41. The van der Waals surface area contributed by atoms with Crippen molar-refractivity contribution in [3.05, 3.63) is 28.8 Å². The maximum absolute atomic E-state index is 12.2. The molecule has 1 aromatic rings. The number of hydrogen-bond acceptors (Lipinski definition) is 2. The van der Waals surface area contributed by atoms with Crippen LogP contribution in [0.25, 0.3) is 0 Å². The van der Waals surface area contributed by atoms with Gasteiger partial charge in [-0.25, -0.2) is 0 Å². The van der Waals surface area contributed by atoms with Gasteiger partial charge in [-0.3, -0.25) is 0 Å². The lowest BCUT2D eigenvalue weighted by Crippen LogP contribution is -2.03. The van der Waals surface area contributed by atoms with Crippen molar-refractivity contribution in [3.8, 4) is 0 Å². The minimum atomic E-state index is -4.41. The van der Waals surface area contributed by atoms with Crippen LogP contribution in [0.3, 0.4) is 0 Å². The molecule has 0 aliphatic carbocycles. The smallest absolute Gasteiger partial charge is 0.193 e. The second-order valence-electron chi connectivity index (χ2n) is 2.37. The van der Waals surface area contributed by atoms with Gasteiger partial charge in [0, 0.05) is 0 Å². The first-order valence-electron chi connectivity index (χ1n) is 3.40. The fourth-order valence-corrected chi connectivity index (χ4v) is 1.08. The third-order valence-electron chi connectivity index (χ3n) is 1.44. The molecular formula is C8H3ClF3NS. The summed E-state index contributed by atoms with van der Waals surface area (Å²) in [6, 6.07) is 2.82. The first-order valence-corrected chi connectivity index (χ1v) is 4.18. The molecule has 0 aliphatic rings. The summed E-state index contributed by atoms with van der Waals surface area (Å²) in [5, 5.41) is 2.07. The zero-order chi connectivity index (χ0) is 10.8. The maximum Gasteiger partial charge on any atom is 0.416 e. The Labute approximate surface area is 88.2 Å². The van der Waals surface area contributed by atoms with Crippen LogP contribution >= 0.6 is 23.8 Å². The molecule has 6 heteroatoms. The highest BCUT2D eigenvalue weighted by atomic mass is 35.5. The highest BCUT2D eigenvalue weighted by Gasteiger charge is 2.30. The summed E-state index contributed by atoms with van der Waals surface area (Å²) in [6.45, 7) is 0. The predicted octanol–water partition coefficient (Wildman–Crippen LogP) is 4.09. The van der Waals surface area contributed by atoms with Crippen molar-refractivity contribution in [1.82, 2.24) is 0 Å². The predicted molar refractivity (Wildman–Crippen MR) is 51.1 cm³/mol. The van der Waals surface area contributed by atoms with Gasteiger partial charge in [0.2, 0.25) is 0 Å². The van der Waals surface area contributed by atoms with Crippen molar-refractivity contribution in [1.29, 1.82) is 0 Å². The van der Waals surface area contributed by atoms with Crippen LogP contribution in [-0.2, 0) is 6.18 Å². The van der Waals surface area contributed by atoms with E-state index in [1.165, 1.54) is 0 Å². The third-order valence-corrected chi connectivity index (χ3v) is 1.85. The Balaban J connectivity index is 3.26. The maximum atomic E-state index is 12.2. The summed E-state index contributed by atoms with van der Waals surface area (Å²) in [5.74, 6) is 0. The largest absolute Gasteiger partial charge is 0.416 e. The van der Waals surface area contributed by atoms with Crippen molar-refractivity contribution in [2.75, 3.05) is 0 Å². The van der Waals surface area contributed by atoms with Crippen LogP contribution in [0, 0.1) is 0 Å². The zero-order valence-corrected chi connectivity index (χ0v) is 8.17. The SMILES string of the molecule is FC(F)(F)c1ccc(Cl)c(N=C=S)c1. The Bertz CT molecular complexity index is 396. The molecule has 0 saturated carbocycles. The lowest BCUT2D eigenvalue weighted by Gasteiger charge is -2.06. The summed E-state index contributed by atoms with van der Waals surface area (Å²) >= 11 is 9.85. The molecule has 0 aromatic heterocycles. The Kier molecular flexibility index (Phi) is 3.26. The molecule has 0 amide bonds. The fraction of sp³-hybridized carbons (Fsp3) is 0.125. The molecule has 0 heterocycles. The molecule has 0 radical (unpaired) electrons. The number of rotatable bonds is 1. The quantitative estimate of drug-likeness (QED) is 0.529. The van der Waals surface area contributed by atoms with Crippen LogP contribution in [0.15, 0.2) is 23.2 Å². The minimum absolute atomic E-state index is 0.0310. The lowest BCUT2D eigenvalue weighted by molar-refractivity contribution is -0.137. The highest BCUT2D eigenvalue weighted by molar-refractivity contribution is 7.78. The standard InChI is InChI=1S/C8H3ClF3NS/c9-6-2-1-5(8(10,11)12)3-7(6)13-4-14/h1-3H. The third kappa shape index (κ3) is 2.54. The number of halogens is 4. The van der Waals surface area contributed by atoms with Crippen molar-refractivity contribution in [2.24, 2.45) is 4.99 Å². The first-order chi connectivity index (χ1) is 6.45. The van der Waals surface area contributed by atoms with Crippen LogP contribution in [0.1, 0.15) is 5.56 Å². The van der Waals surface area contributed by atoms with E-state index < -0.39 is 11.7 Å². The number of isothiocyanates is 1. The van der Waals surface area contributed by atoms with E-state index >= 15 is 0 Å². The van der Waals surface area contributed by atoms with Crippen molar-refractivity contribution >= 4 is 34.7 Å². The molecule has 1 nitrogen and oxygen atoms in total. The van der Waals surface area contributed by atoms with Gasteiger partial charge in [0.05, 0.1) is 21.4 Å². The van der Waals surface area contributed by atoms with Crippen molar-refractivity contribution in [2.45, 2.75) is 6.18 Å². The van der Waals surface area contributed by atoms with Crippen molar-refractivity contribution < 1.29 is 13.2 Å². The average molecular weight is 238 g/mol. The molecule has 14 heavy (non-hydrogen) atoms. The van der Waals surface area contributed by atoms with E-state index in [0.29, 0.717) is 0 Å². The van der Waals surface area contributed by atoms with E-state index in [4.69, 9.17) is 11.6 Å². The zero-order valence-electron chi connectivity index (χ0n) is 6.60. The van der Waals surface area contributed by atoms with Crippen molar-refractivity contribution in [3.63, 3.8) is 0 Å². The molecule has 0 bridgehead atoms. The topological polar surface area (TPSA) is 12.4 Å². The molecule has 0 unspecified atom stereocenters. The van der Waals surface area contributed by atoms with Gasteiger partial charge in [0.15, 0.2) is 0 Å². The van der Waals surface area contributed by atoms with Crippen LogP contribution in [0.4, 0.5) is 18.9 Å². The summed E-state index contributed by atoms with van der Waals surface area (Å²) in [5.41, 5.74) is -0.845. The van der Waals surface area contributed by atoms with Gasteiger partial charge in [-0.2, -0.15) is 18.2 Å². The number of thiocarbonyl (C=S) groups is 1. The average Bonchev–Trinajstić information content (AvgIpc) is 2.07. The second-order valence-corrected chi connectivity index (χ2v) is 2.96. The number of hydrogen-bond donors (Lipinski definition) is 0. The first kappa shape index (κ1) is 11.2. The van der Waals surface area contributed by atoms with E-state index in [1.54, 1.807) is 0 Å². The lowest BCUT2D eigenvalue weighted by atomic mass is 10.2. The normalized spacial score (nSPS) is 10.9. The van der Waals surface area contributed by atoms with Gasteiger partial charge in [-0.05, 0) is 30.4 Å². The molecule has 74 valence electrons. The highest BCUT2D eigenvalue weighted by Crippen LogP contribution is 2.34. The van der Waals surface area contributed by atoms with Gasteiger partial charge in [0.1, 0.15) is 0 Å². The van der Waals surface area contributed by atoms with Gasteiger partial charge in [-0.15, -0.1) is 0 Å². The molecule has 0 fully saturated rings. The Morgan fingerprint density at radius 3 is 2.50 bits per heavy atom. The Morgan fingerprint density at radius 2 is 2.00 bits per heavy atom. The van der Waals surface area contributed by atoms with Crippen LogP contribution in [0.2, 0.25) is 5.02 Å². The van der Waals surface area contributed by atoms with Crippen LogP contribution in [-0.4, -0.2) is 5.16 Å². The number of aliphatic imine (C=N–C) groups is 1. The molecule has 1 rings (SSSR count). The van der Waals surface area contributed by atoms with E-state index in [1.807, 2.05) is 5.16 Å².